The van der Waals surface area contributed by atoms with Crippen LogP contribution in [0, 0.1) is 0 Å². The first-order valence-corrected chi connectivity index (χ1v) is 16.2. The Hall–Kier alpha value is -3.84. The summed E-state index contributed by atoms with van der Waals surface area (Å²) in [6.45, 7) is 0. The summed E-state index contributed by atoms with van der Waals surface area (Å²) < 4.78 is 40.8. The lowest BCUT2D eigenvalue weighted by Crippen LogP contribution is -2.19. The third kappa shape index (κ3) is 4.35. The molecular formula is C33H28O4P2. The number of hydrogen-bond donors (Lipinski definition) is 0. The lowest BCUT2D eigenvalue weighted by Gasteiger charge is -2.29. The predicted octanol–water partition coefficient (Wildman–Crippen LogP) is 8.65. The molecule has 2 aliphatic rings. The molecule has 0 aromatic heterocycles. The minimum Gasteiger partial charge on any atom is -0.439 e. The monoisotopic (exact) mass is 550 g/mol. The Kier molecular flexibility index (Phi) is 6.34. The molecule has 2 unspecified atom stereocenters. The van der Waals surface area contributed by atoms with E-state index in [0.29, 0.717) is 11.5 Å². The predicted molar refractivity (Wildman–Crippen MR) is 160 cm³/mol. The van der Waals surface area contributed by atoms with Gasteiger partial charge in [0.05, 0.1) is 22.9 Å². The van der Waals surface area contributed by atoms with Gasteiger partial charge in [-0.1, -0.05) is 104 Å². The molecule has 0 spiro atoms. The minimum atomic E-state index is -3.18. The second-order valence-electron chi connectivity index (χ2n) is 9.69. The van der Waals surface area contributed by atoms with Gasteiger partial charge in [-0.05, 0) is 46.5 Å². The van der Waals surface area contributed by atoms with Crippen LogP contribution in [0.3, 0.4) is 0 Å². The van der Waals surface area contributed by atoms with E-state index in [-0.39, 0.29) is 19.8 Å². The molecule has 0 saturated carbocycles. The van der Waals surface area contributed by atoms with E-state index in [1.54, 1.807) is 0 Å². The van der Waals surface area contributed by atoms with Gasteiger partial charge >= 0.3 is 0 Å². The van der Waals surface area contributed by atoms with Gasteiger partial charge in [-0.25, -0.2) is 0 Å². The molecule has 5 aromatic carbocycles. The van der Waals surface area contributed by atoms with Crippen molar-refractivity contribution in [2.45, 2.75) is 19.8 Å². The molecule has 39 heavy (non-hydrogen) atoms. The molecule has 0 aliphatic carbocycles. The summed E-state index contributed by atoms with van der Waals surface area (Å²) in [5.74, 6) is 1.30. The molecule has 2 atom stereocenters. The summed E-state index contributed by atoms with van der Waals surface area (Å²) in [5.41, 5.74) is 5.65. The Morgan fingerprint density at radius 2 is 0.769 bits per heavy atom. The van der Waals surface area contributed by atoms with Gasteiger partial charge in [0.15, 0.2) is 0 Å². The Morgan fingerprint density at radius 3 is 1.18 bits per heavy atom. The zero-order valence-corrected chi connectivity index (χ0v) is 22.3. The summed E-state index contributed by atoms with van der Waals surface area (Å²) in [6, 6.07) is 38.9. The van der Waals surface area contributed by atoms with Crippen LogP contribution in [-0.2, 0) is 21.5 Å². The van der Waals surface area contributed by atoms with Crippen molar-refractivity contribution in [2.75, 3.05) is 0 Å². The molecule has 2 aliphatic heterocycles. The highest BCUT2D eigenvalue weighted by atomic mass is 31.2. The normalized spacial score (nSPS) is 20.1. The van der Waals surface area contributed by atoms with Gasteiger partial charge in [0.1, 0.15) is 11.5 Å². The number of fused-ring (bicyclic) bond motifs is 6. The first kappa shape index (κ1) is 25.4. The summed E-state index contributed by atoms with van der Waals surface area (Å²) in [5, 5.41) is 1.50. The van der Waals surface area contributed by atoms with Crippen molar-refractivity contribution >= 4 is 25.3 Å². The van der Waals surface area contributed by atoms with Crippen molar-refractivity contribution in [3.05, 3.63) is 132 Å². The number of para-hydroxylation sites is 2. The molecule has 0 fully saturated rings. The summed E-state index contributed by atoms with van der Waals surface area (Å²) in [7, 11) is -6.36. The second-order valence-corrected chi connectivity index (χ2v) is 14.3. The molecule has 6 heteroatoms. The van der Waals surface area contributed by atoms with Crippen LogP contribution in [0.25, 0.3) is 22.3 Å². The topological polar surface area (TPSA) is 52.6 Å². The lowest BCUT2D eigenvalue weighted by atomic mass is 10.0. The molecular weight excluding hydrogens is 522 g/mol. The molecule has 7 rings (SSSR count). The average Bonchev–Trinajstić information content (AvgIpc) is 2.94. The number of rotatable bonds is 4. The van der Waals surface area contributed by atoms with Crippen LogP contribution in [0.1, 0.15) is 18.6 Å². The Bertz CT molecular complexity index is 1660. The van der Waals surface area contributed by atoms with E-state index in [9.17, 15) is 9.13 Å². The highest BCUT2D eigenvalue weighted by molar-refractivity contribution is 7.67. The smallest absolute Gasteiger partial charge is 0.282 e. The van der Waals surface area contributed by atoms with Gasteiger partial charge < -0.3 is 9.05 Å². The SMILES string of the molecule is C.O=P1(Cc2ccc(CP3(=O)Oc4ccccc4-c4ccccc43)cc2)Oc2ccccc2-c2ccccc21. The Labute approximate surface area is 229 Å². The molecule has 5 aromatic rings. The molecule has 0 saturated heterocycles. The highest BCUT2D eigenvalue weighted by Gasteiger charge is 2.37. The maximum Gasteiger partial charge on any atom is 0.282 e. The van der Waals surface area contributed by atoms with Crippen LogP contribution in [0.4, 0.5) is 0 Å². The Morgan fingerprint density at radius 1 is 0.436 bits per heavy atom. The average molecular weight is 551 g/mol. The van der Waals surface area contributed by atoms with E-state index >= 15 is 0 Å². The Balaban J connectivity index is 0.00000277. The van der Waals surface area contributed by atoms with E-state index in [2.05, 4.69) is 0 Å². The standard InChI is InChI=1S/C32H24O4P2.CH4/c33-37(31-15-7-3-11-27(31)25-9-1-5-13-29(25)35-37)21-23-17-19-24(20-18-23)22-38(34)32-16-8-4-12-28(32)26-10-2-6-14-30(26)36-38;/h1-20H,21-22H2;1H4. The van der Waals surface area contributed by atoms with Crippen LogP contribution in [0.2, 0.25) is 0 Å². The van der Waals surface area contributed by atoms with Crippen LogP contribution in [-0.4, -0.2) is 0 Å². The first-order valence-electron chi connectivity index (χ1n) is 12.6. The molecule has 194 valence electrons. The minimum absolute atomic E-state index is 0. The van der Waals surface area contributed by atoms with Gasteiger partial charge in [0.2, 0.25) is 0 Å². The van der Waals surface area contributed by atoms with Gasteiger partial charge in [-0.3, -0.25) is 9.13 Å². The van der Waals surface area contributed by atoms with Crippen LogP contribution >= 0.6 is 14.7 Å². The molecule has 0 N–H and O–H groups in total. The fraction of sp³-hybridized carbons (Fsp3) is 0.0909. The van der Waals surface area contributed by atoms with E-state index in [1.165, 1.54) is 0 Å². The third-order valence-electron chi connectivity index (χ3n) is 7.19. The zero-order chi connectivity index (χ0) is 25.7. The van der Waals surface area contributed by atoms with Crippen LogP contribution in [0.15, 0.2) is 121 Å². The summed E-state index contributed by atoms with van der Waals surface area (Å²) >= 11 is 0. The van der Waals surface area contributed by atoms with Crippen molar-refractivity contribution in [1.29, 1.82) is 0 Å². The summed E-state index contributed by atoms with van der Waals surface area (Å²) in [4.78, 5) is 0. The molecule has 2 heterocycles. The van der Waals surface area contributed by atoms with E-state index in [4.69, 9.17) is 9.05 Å². The second kappa shape index (κ2) is 9.72. The van der Waals surface area contributed by atoms with E-state index in [1.807, 2.05) is 121 Å². The van der Waals surface area contributed by atoms with Gasteiger partial charge in [0, 0.05) is 11.1 Å². The molecule has 0 amide bonds. The van der Waals surface area contributed by atoms with Gasteiger partial charge in [-0.2, -0.15) is 0 Å². The van der Waals surface area contributed by atoms with Crippen molar-refractivity contribution in [3.63, 3.8) is 0 Å². The zero-order valence-electron chi connectivity index (χ0n) is 20.5. The fourth-order valence-electron chi connectivity index (χ4n) is 5.42. The van der Waals surface area contributed by atoms with Crippen LogP contribution in [0.5, 0.6) is 11.5 Å². The van der Waals surface area contributed by atoms with Gasteiger partial charge in [-0.15, -0.1) is 0 Å². The molecule has 0 radical (unpaired) electrons. The van der Waals surface area contributed by atoms with E-state index < -0.39 is 14.7 Å². The largest absolute Gasteiger partial charge is 0.439 e. The summed E-state index contributed by atoms with van der Waals surface area (Å²) in [6.07, 6.45) is 0.562. The maximum atomic E-state index is 14.2. The maximum absolute atomic E-state index is 14.2. The van der Waals surface area contributed by atoms with Gasteiger partial charge in [0.25, 0.3) is 14.7 Å². The quantitative estimate of drug-likeness (QED) is 0.210. The fourth-order valence-corrected chi connectivity index (χ4v) is 10.2. The van der Waals surface area contributed by atoms with E-state index in [0.717, 1.165) is 44.0 Å². The van der Waals surface area contributed by atoms with Crippen molar-refractivity contribution < 1.29 is 18.2 Å². The number of hydrogen-bond acceptors (Lipinski definition) is 4. The molecule has 0 bridgehead atoms. The van der Waals surface area contributed by atoms with Crippen LogP contribution < -0.4 is 19.7 Å². The third-order valence-corrected chi connectivity index (χ3v) is 12.0. The van der Waals surface area contributed by atoms with Crippen molar-refractivity contribution in [1.82, 2.24) is 0 Å². The van der Waals surface area contributed by atoms with Crippen molar-refractivity contribution in [2.24, 2.45) is 0 Å². The molecule has 4 nitrogen and oxygen atoms in total. The first-order chi connectivity index (χ1) is 18.5. The highest BCUT2D eigenvalue weighted by Crippen LogP contribution is 2.58. The van der Waals surface area contributed by atoms with Crippen molar-refractivity contribution in [3.8, 4) is 33.8 Å². The number of benzene rings is 5. The lowest BCUT2D eigenvalue weighted by molar-refractivity contribution is 0.488.